The van der Waals surface area contributed by atoms with Crippen LogP contribution >= 0.6 is 23.2 Å². The second kappa shape index (κ2) is 11.5. The number of nitrogens with zero attached hydrogens (tertiary/aromatic N) is 2. The molecule has 3 rings (SSSR count). The number of carbonyl (C=O) groups excluding carboxylic acids is 2. The molecule has 1 heterocycles. The van der Waals surface area contributed by atoms with Gasteiger partial charge in [0, 0.05) is 25.7 Å². The average Bonchev–Trinajstić information content (AvgIpc) is 2.77. The molecule has 0 radical (unpaired) electrons. The van der Waals surface area contributed by atoms with Crippen molar-refractivity contribution in [2.24, 2.45) is 0 Å². The van der Waals surface area contributed by atoms with Gasteiger partial charge in [0.2, 0.25) is 11.8 Å². The lowest BCUT2D eigenvalue weighted by Gasteiger charge is -2.23. The summed E-state index contributed by atoms with van der Waals surface area (Å²) in [6.45, 7) is 0.993. The Morgan fingerprint density at radius 3 is 2.35 bits per heavy atom. The molecule has 0 bridgehead atoms. The highest BCUT2D eigenvalue weighted by molar-refractivity contribution is 6.42. The molecule has 0 aliphatic rings. The second-order valence-corrected chi connectivity index (χ2v) is 7.90. The van der Waals surface area contributed by atoms with E-state index in [1.54, 1.807) is 23.2 Å². The molecule has 0 aliphatic heterocycles. The zero-order valence-corrected chi connectivity index (χ0v) is 18.4. The largest absolute Gasteiger partial charge is 0.355 e. The van der Waals surface area contributed by atoms with Gasteiger partial charge in [0.05, 0.1) is 28.7 Å². The number of aromatic nitrogens is 1. The molecule has 2 amide bonds. The van der Waals surface area contributed by atoms with Crippen molar-refractivity contribution < 1.29 is 9.59 Å². The zero-order chi connectivity index (χ0) is 22.1. The number of benzene rings is 2. The molecule has 1 N–H and O–H groups in total. The highest BCUT2D eigenvalue weighted by Gasteiger charge is 2.16. The highest BCUT2D eigenvalue weighted by Crippen LogP contribution is 2.23. The van der Waals surface area contributed by atoms with Gasteiger partial charge in [-0.3, -0.25) is 14.6 Å². The first-order valence-electron chi connectivity index (χ1n) is 9.93. The van der Waals surface area contributed by atoms with Crippen molar-refractivity contribution in [3.05, 3.63) is 99.8 Å². The summed E-state index contributed by atoms with van der Waals surface area (Å²) in [5, 5.41) is 3.73. The van der Waals surface area contributed by atoms with Gasteiger partial charge in [-0.15, -0.1) is 0 Å². The van der Waals surface area contributed by atoms with Crippen LogP contribution in [0.4, 0.5) is 0 Å². The SMILES string of the molecule is O=C(Cc1ccccc1)NCCC(=O)N(Cc1ccc(Cl)c(Cl)c1)Cc1ccccn1. The first-order chi connectivity index (χ1) is 15.0. The van der Waals surface area contributed by atoms with Crippen LogP contribution in [0.2, 0.25) is 10.0 Å². The number of halogens is 2. The number of hydrogen-bond donors (Lipinski definition) is 1. The number of rotatable bonds is 9. The Balaban J connectivity index is 1.59. The average molecular weight is 456 g/mol. The molecule has 0 saturated heterocycles. The summed E-state index contributed by atoms with van der Waals surface area (Å²) < 4.78 is 0. The maximum absolute atomic E-state index is 12.9. The fourth-order valence-electron chi connectivity index (χ4n) is 3.09. The number of hydrogen-bond acceptors (Lipinski definition) is 3. The summed E-state index contributed by atoms with van der Waals surface area (Å²) >= 11 is 12.1. The lowest BCUT2D eigenvalue weighted by molar-refractivity contribution is -0.132. The molecular weight excluding hydrogens is 433 g/mol. The fourth-order valence-corrected chi connectivity index (χ4v) is 3.41. The normalized spacial score (nSPS) is 10.5. The topological polar surface area (TPSA) is 62.3 Å². The molecule has 0 saturated carbocycles. The Morgan fingerprint density at radius 2 is 1.65 bits per heavy atom. The van der Waals surface area contributed by atoms with Crippen molar-refractivity contribution in [1.29, 1.82) is 0 Å². The summed E-state index contributed by atoms with van der Waals surface area (Å²) in [5.41, 5.74) is 2.58. The van der Waals surface area contributed by atoms with E-state index in [-0.39, 0.29) is 31.2 Å². The van der Waals surface area contributed by atoms with Crippen molar-refractivity contribution in [3.8, 4) is 0 Å². The zero-order valence-electron chi connectivity index (χ0n) is 16.9. The van der Waals surface area contributed by atoms with Gasteiger partial charge in [-0.05, 0) is 35.4 Å². The van der Waals surface area contributed by atoms with E-state index >= 15 is 0 Å². The molecule has 1 aromatic heterocycles. The van der Waals surface area contributed by atoms with Crippen LogP contribution in [0.5, 0.6) is 0 Å². The van der Waals surface area contributed by atoms with Crippen LogP contribution in [0.1, 0.15) is 23.2 Å². The van der Waals surface area contributed by atoms with Crippen LogP contribution in [0.25, 0.3) is 0 Å². The van der Waals surface area contributed by atoms with Gasteiger partial charge >= 0.3 is 0 Å². The van der Waals surface area contributed by atoms with E-state index in [2.05, 4.69) is 10.3 Å². The lowest BCUT2D eigenvalue weighted by atomic mass is 10.1. The molecule has 0 spiro atoms. The van der Waals surface area contributed by atoms with Gasteiger partial charge in [-0.25, -0.2) is 0 Å². The quantitative estimate of drug-likeness (QED) is 0.509. The van der Waals surface area contributed by atoms with Crippen molar-refractivity contribution in [2.75, 3.05) is 6.54 Å². The van der Waals surface area contributed by atoms with Gasteiger partial charge in [0.1, 0.15) is 0 Å². The Bertz CT molecular complexity index is 1010. The number of pyridine rings is 1. The summed E-state index contributed by atoms with van der Waals surface area (Å²) in [6, 6.07) is 20.4. The molecule has 2 aromatic carbocycles. The van der Waals surface area contributed by atoms with Crippen LogP contribution in [0, 0.1) is 0 Å². The predicted molar refractivity (Wildman–Crippen MR) is 123 cm³/mol. The molecule has 0 aliphatic carbocycles. The van der Waals surface area contributed by atoms with Gasteiger partial charge in [0.15, 0.2) is 0 Å². The molecule has 0 fully saturated rings. The summed E-state index contributed by atoms with van der Waals surface area (Å²) in [6.07, 6.45) is 2.17. The third kappa shape index (κ3) is 7.39. The lowest BCUT2D eigenvalue weighted by Crippen LogP contribution is -2.34. The van der Waals surface area contributed by atoms with Gasteiger partial charge < -0.3 is 10.2 Å². The van der Waals surface area contributed by atoms with Crippen LogP contribution in [-0.4, -0.2) is 28.2 Å². The molecule has 5 nitrogen and oxygen atoms in total. The van der Waals surface area contributed by atoms with Crippen LogP contribution in [0.3, 0.4) is 0 Å². The van der Waals surface area contributed by atoms with Crippen LogP contribution in [0.15, 0.2) is 72.9 Å². The Hall–Kier alpha value is -2.89. The van der Waals surface area contributed by atoms with E-state index in [1.165, 1.54) is 0 Å². The van der Waals surface area contributed by atoms with Gasteiger partial charge in [0.25, 0.3) is 0 Å². The minimum absolute atomic E-state index is 0.0864. The first kappa shape index (κ1) is 22.8. The van der Waals surface area contributed by atoms with Gasteiger partial charge in [-0.2, -0.15) is 0 Å². The molecule has 7 heteroatoms. The van der Waals surface area contributed by atoms with Crippen LogP contribution in [-0.2, 0) is 29.1 Å². The van der Waals surface area contributed by atoms with Crippen molar-refractivity contribution >= 4 is 35.0 Å². The summed E-state index contributed by atoms with van der Waals surface area (Å²) in [4.78, 5) is 31.1. The third-order valence-electron chi connectivity index (χ3n) is 4.66. The maximum Gasteiger partial charge on any atom is 0.224 e. The van der Waals surface area contributed by atoms with E-state index in [0.717, 1.165) is 16.8 Å². The molecule has 0 unspecified atom stereocenters. The third-order valence-corrected chi connectivity index (χ3v) is 5.40. The molecular formula is C24H23Cl2N3O2. The van der Waals surface area contributed by atoms with Crippen LogP contribution < -0.4 is 5.32 Å². The first-order valence-corrected chi connectivity index (χ1v) is 10.7. The summed E-state index contributed by atoms with van der Waals surface area (Å²) in [5.74, 6) is -0.198. The number of nitrogens with one attached hydrogen (secondary N) is 1. The molecule has 160 valence electrons. The Labute approximate surface area is 192 Å². The Kier molecular flexibility index (Phi) is 8.44. The highest BCUT2D eigenvalue weighted by atomic mass is 35.5. The van der Waals surface area contributed by atoms with E-state index in [9.17, 15) is 9.59 Å². The molecule has 0 atom stereocenters. The van der Waals surface area contributed by atoms with E-state index in [4.69, 9.17) is 23.2 Å². The standard InChI is InChI=1S/C24H23Cl2N3O2/c25-21-10-9-19(14-22(21)26)16-29(17-20-8-4-5-12-27-20)24(31)11-13-28-23(30)15-18-6-2-1-3-7-18/h1-10,12,14H,11,13,15-17H2,(H,28,30). The fraction of sp³-hybridized carbons (Fsp3) is 0.208. The van der Waals surface area contributed by atoms with Crippen molar-refractivity contribution in [2.45, 2.75) is 25.9 Å². The predicted octanol–water partition coefficient (Wildman–Crippen LogP) is 4.67. The minimum atomic E-state index is -0.111. The monoisotopic (exact) mass is 455 g/mol. The number of amides is 2. The molecule has 31 heavy (non-hydrogen) atoms. The van der Waals surface area contributed by atoms with Gasteiger partial charge in [-0.1, -0.05) is 65.7 Å². The van der Waals surface area contributed by atoms with Crippen molar-refractivity contribution in [1.82, 2.24) is 15.2 Å². The van der Waals surface area contributed by atoms with E-state index < -0.39 is 0 Å². The van der Waals surface area contributed by atoms with E-state index in [0.29, 0.717) is 23.1 Å². The van der Waals surface area contributed by atoms with E-state index in [1.807, 2.05) is 54.6 Å². The Morgan fingerprint density at radius 1 is 0.871 bits per heavy atom. The maximum atomic E-state index is 12.9. The summed E-state index contributed by atoms with van der Waals surface area (Å²) in [7, 11) is 0. The number of carbonyl (C=O) groups is 2. The molecule has 3 aromatic rings. The second-order valence-electron chi connectivity index (χ2n) is 7.08. The minimum Gasteiger partial charge on any atom is -0.355 e. The smallest absolute Gasteiger partial charge is 0.224 e. The van der Waals surface area contributed by atoms with Crippen molar-refractivity contribution in [3.63, 3.8) is 0 Å².